The zero-order chi connectivity index (χ0) is 12.3. The summed E-state index contributed by atoms with van der Waals surface area (Å²) in [5.41, 5.74) is 0.350. The molecule has 17 heavy (non-hydrogen) atoms. The summed E-state index contributed by atoms with van der Waals surface area (Å²) in [7, 11) is 0. The predicted octanol–water partition coefficient (Wildman–Crippen LogP) is 1.56. The van der Waals surface area contributed by atoms with Crippen LogP contribution >= 0.6 is 11.6 Å². The molecule has 1 fully saturated rings. The number of hydrogen-bond acceptors (Lipinski definition) is 5. The van der Waals surface area contributed by atoms with Gasteiger partial charge in [-0.2, -0.15) is 0 Å². The second kappa shape index (κ2) is 5.42. The lowest BCUT2D eigenvalue weighted by Crippen LogP contribution is -2.31. The molecule has 1 saturated heterocycles. The van der Waals surface area contributed by atoms with Gasteiger partial charge in [-0.25, -0.2) is 9.97 Å². The molecule has 0 spiro atoms. The fourth-order valence-electron chi connectivity index (χ4n) is 1.91. The van der Waals surface area contributed by atoms with Gasteiger partial charge in [-0.1, -0.05) is 11.6 Å². The molecular formula is C11H14ClN3O2. The fraction of sp³-hybridized carbons (Fsp3) is 0.545. The van der Waals surface area contributed by atoms with E-state index >= 15 is 0 Å². The molecule has 1 unspecified atom stereocenters. The molecule has 6 heteroatoms. The van der Waals surface area contributed by atoms with Crippen LogP contribution in [0.5, 0.6) is 0 Å². The predicted molar refractivity (Wildman–Crippen MR) is 64.7 cm³/mol. The quantitative estimate of drug-likeness (QED) is 0.593. The van der Waals surface area contributed by atoms with Crippen LogP contribution < -0.4 is 4.90 Å². The molecule has 92 valence electrons. The van der Waals surface area contributed by atoms with Crippen LogP contribution in [0.2, 0.25) is 5.15 Å². The van der Waals surface area contributed by atoms with E-state index in [0.717, 1.165) is 19.6 Å². The molecule has 2 rings (SSSR count). The number of carbonyl (C=O) groups is 1. The van der Waals surface area contributed by atoms with Crippen molar-refractivity contribution in [1.29, 1.82) is 0 Å². The van der Waals surface area contributed by atoms with Gasteiger partial charge in [0.2, 0.25) is 0 Å². The first-order chi connectivity index (χ1) is 8.22. The number of halogens is 1. The van der Waals surface area contributed by atoms with Crippen molar-refractivity contribution in [3.05, 3.63) is 17.0 Å². The molecule has 1 aliphatic rings. The summed E-state index contributed by atoms with van der Waals surface area (Å²) in [6.07, 6.45) is 3.10. The summed E-state index contributed by atoms with van der Waals surface area (Å²) in [4.78, 5) is 21.0. The van der Waals surface area contributed by atoms with Gasteiger partial charge >= 0.3 is 0 Å². The molecule has 1 atom stereocenters. The van der Waals surface area contributed by atoms with Crippen LogP contribution in [0.4, 0.5) is 5.82 Å². The highest BCUT2D eigenvalue weighted by Gasteiger charge is 2.20. The van der Waals surface area contributed by atoms with Crippen LogP contribution in [0, 0.1) is 0 Å². The minimum Gasteiger partial charge on any atom is -0.377 e. The van der Waals surface area contributed by atoms with Crippen molar-refractivity contribution in [1.82, 2.24) is 9.97 Å². The van der Waals surface area contributed by atoms with Gasteiger partial charge in [-0.05, 0) is 13.3 Å². The third-order valence-electron chi connectivity index (χ3n) is 2.68. The first-order valence-corrected chi connectivity index (χ1v) is 5.92. The van der Waals surface area contributed by atoms with E-state index < -0.39 is 0 Å². The Morgan fingerprint density at radius 2 is 2.41 bits per heavy atom. The minimum absolute atomic E-state index is 0.116. The normalized spacial score (nSPS) is 21.1. The van der Waals surface area contributed by atoms with E-state index in [4.69, 9.17) is 16.3 Å². The van der Waals surface area contributed by atoms with Crippen molar-refractivity contribution in [3.8, 4) is 0 Å². The molecule has 2 heterocycles. The summed E-state index contributed by atoms with van der Waals surface area (Å²) in [5, 5.41) is 0.197. The summed E-state index contributed by atoms with van der Waals surface area (Å²) >= 11 is 5.89. The van der Waals surface area contributed by atoms with Gasteiger partial charge in [0, 0.05) is 19.7 Å². The zero-order valence-corrected chi connectivity index (χ0v) is 10.4. The molecular weight excluding hydrogens is 242 g/mol. The third-order valence-corrected chi connectivity index (χ3v) is 2.99. The van der Waals surface area contributed by atoms with E-state index in [1.807, 2.05) is 11.8 Å². The van der Waals surface area contributed by atoms with Crippen LogP contribution in [0.15, 0.2) is 6.33 Å². The molecule has 0 amide bonds. The number of aldehydes is 1. The van der Waals surface area contributed by atoms with Crippen molar-refractivity contribution in [2.75, 3.05) is 24.6 Å². The Bertz CT molecular complexity index is 414. The van der Waals surface area contributed by atoms with E-state index in [-0.39, 0.29) is 11.3 Å². The molecule has 0 saturated carbocycles. The van der Waals surface area contributed by atoms with Crippen molar-refractivity contribution in [3.63, 3.8) is 0 Å². The highest BCUT2D eigenvalue weighted by Crippen LogP contribution is 2.23. The number of rotatable bonds is 2. The molecule has 0 bridgehead atoms. The van der Waals surface area contributed by atoms with Crippen LogP contribution in [0.25, 0.3) is 0 Å². The van der Waals surface area contributed by atoms with E-state index in [0.29, 0.717) is 24.2 Å². The van der Waals surface area contributed by atoms with Crippen molar-refractivity contribution in [2.24, 2.45) is 0 Å². The van der Waals surface area contributed by atoms with Crippen molar-refractivity contribution < 1.29 is 9.53 Å². The Morgan fingerprint density at radius 3 is 3.18 bits per heavy atom. The van der Waals surface area contributed by atoms with E-state index in [2.05, 4.69) is 9.97 Å². The van der Waals surface area contributed by atoms with Crippen LogP contribution in [-0.4, -0.2) is 42.1 Å². The molecule has 0 N–H and O–H groups in total. The van der Waals surface area contributed by atoms with Crippen LogP contribution in [-0.2, 0) is 4.74 Å². The van der Waals surface area contributed by atoms with Gasteiger partial charge in [0.05, 0.1) is 11.7 Å². The summed E-state index contributed by atoms with van der Waals surface area (Å²) < 4.78 is 5.55. The zero-order valence-electron chi connectivity index (χ0n) is 9.60. The summed E-state index contributed by atoms with van der Waals surface area (Å²) in [5.74, 6) is 0.595. The SMILES string of the molecule is CC1CN(c2ncnc(Cl)c2C=O)CCCO1. The van der Waals surface area contributed by atoms with Crippen LogP contribution in [0.1, 0.15) is 23.7 Å². The smallest absolute Gasteiger partial charge is 0.156 e. The Balaban J connectivity index is 2.31. The van der Waals surface area contributed by atoms with Crippen molar-refractivity contribution in [2.45, 2.75) is 19.4 Å². The molecule has 0 aromatic carbocycles. The topological polar surface area (TPSA) is 55.3 Å². The largest absolute Gasteiger partial charge is 0.377 e. The minimum atomic E-state index is 0.116. The maximum Gasteiger partial charge on any atom is 0.156 e. The molecule has 5 nitrogen and oxygen atoms in total. The maximum atomic E-state index is 11.0. The molecule has 0 radical (unpaired) electrons. The first-order valence-electron chi connectivity index (χ1n) is 5.54. The number of nitrogens with zero attached hydrogens (tertiary/aromatic N) is 3. The number of carbonyl (C=O) groups excluding carboxylic acids is 1. The van der Waals surface area contributed by atoms with Crippen LogP contribution in [0.3, 0.4) is 0 Å². The summed E-state index contributed by atoms with van der Waals surface area (Å²) in [6.45, 7) is 4.24. The van der Waals surface area contributed by atoms with Gasteiger partial charge in [0.15, 0.2) is 6.29 Å². The van der Waals surface area contributed by atoms with Gasteiger partial charge < -0.3 is 9.64 Å². The lowest BCUT2D eigenvalue weighted by molar-refractivity contribution is 0.0820. The average molecular weight is 256 g/mol. The maximum absolute atomic E-state index is 11.0. The monoisotopic (exact) mass is 255 g/mol. The third kappa shape index (κ3) is 2.73. The van der Waals surface area contributed by atoms with E-state index in [9.17, 15) is 4.79 Å². The average Bonchev–Trinajstić information content (AvgIpc) is 2.53. The number of aromatic nitrogens is 2. The Labute approximate surface area is 105 Å². The molecule has 1 aromatic rings. The summed E-state index contributed by atoms with van der Waals surface area (Å²) in [6, 6.07) is 0. The Morgan fingerprint density at radius 1 is 1.59 bits per heavy atom. The van der Waals surface area contributed by atoms with Gasteiger partial charge in [0.25, 0.3) is 0 Å². The van der Waals surface area contributed by atoms with Gasteiger partial charge in [-0.3, -0.25) is 4.79 Å². The van der Waals surface area contributed by atoms with E-state index in [1.165, 1.54) is 6.33 Å². The standard InChI is InChI=1S/C11H14ClN3O2/c1-8-5-15(3-2-4-17-8)11-9(6-16)10(12)13-7-14-11/h6-8H,2-5H2,1H3. The number of ether oxygens (including phenoxy) is 1. The first kappa shape index (κ1) is 12.3. The lowest BCUT2D eigenvalue weighted by Gasteiger charge is -2.24. The molecule has 1 aromatic heterocycles. The Kier molecular flexibility index (Phi) is 3.91. The molecule has 0 aliphatic carbocycles. The highest BCUT2D eigenvalue weighted by atomic mass is 35.5. The Hall–Kier alpha value is -1.20. The lowest BCUT2D eigenvalue weighted by atomic mass is 10.2. The number of hydrogen-bond donors (Lipinski definition) is 0. The van der Waals surface area contributed by atoms with Gasteiger partial charge in [-0.15, -0.1) is 0 Å². The van der Waals surface area contributed by atoms with Crippen molar-refractivity contribution >= 4 is 23.7 Å². The van der Waals surface area contributed by atoms with Gasteiger partial charge in [0.1, 0.15) is 17.3 Å². The fourth-order valence-corrected chi connectivity index (χ4v) is 2.08. The van der Waals surface area contributed by atoms with E-state index in [1.54, 1.807) is 0 Å². The highest BCUT2D eigenvalue weighted by molar-refractivity contribution is 6.32. The molecule has 1 aliphatic heterocycles. The second-order valence-corrected chi connectivity index (χ2v) is 4.36. The number of anilines is 1. The second-order valence-electron chi connectivity index (χ2n) is 4.00.